The van der Waals surface area contributed by atoms with Crippen LogP contribution in [-0.2, 0) is 0 Å². The largest absolute Gasteiger partial charge is 0.321 e. The lowest BCUT2D eigenvalue weighted by atomic mass is 10.1. The number of anilines is 1. The summed E-state index contributed by atoms with van der Waals surface area (Å²) < 4.78 is 0. The van der Waals surface area contributed by atoms with Crippen LogP contribution in [0.1, 0.15) is 27.6 Å². The van der Waals surface area contributed by atoms with E-state index in [-0.39, 0.29) is 11.7 Å². The second-order valence-electron chi connectivity index (χ2n) is 4.28. The van der Waals surface area contributed by atoms with E-state index in [1.165, 1.54) is 6.92 Å². The standard InChI is InChI=1S/C16H15NO2S/c1-11(18)14-5-3-4-6-15(14)17-16(19)12-7-9-13(20-2)10-8-12/h3-10H,1-2H3,(H,17,19). The fraction of sp³-hybridized carbons (Fsp3) is 0.125. The summed E-state index contributed by atoms with van der Waals surface area (Å²) in [7, 11) is 0. The SMILES string of the molecule is CSc1ccc(C(=O)Nc2ccccc2C(C)=O)cc1. The molecule has 0 bridgehead atoms. The Morgan fingerprint density at radius 3 is 2.25 bits per heavy atom. The summed E-state index contributed by atoms with van der Waals surface area (Å²) >= 11 is 1.62. The summed E-state index contributed by atoms with van der Waals surface area (Å²) in [6.45, 7) is 1.48. The van der Waals surface area contributed by atoms with Gasteiger partial charge in [0.1, 0.15) is 0 Å². The van der Waals surface area contributed by atoms with E-state index in [1.54, 1.807) is 48.2 Å². The first kappa shape index (κ1) is 14.3. The van der Waals surface area contributed by atoms with Crippen LogP contribution < -0.4 is 5.32 Å². The monoisotopic (exact) mass is 285 g/mol. The van der Waals surface area contributed by atoms with Crippen molar-refractivity contribution in [2.75, 3.05) is 11.6 Å². The normalized spacial score (nSPS) is 10.1. The summed E-state index contributed by atoms with van der Waals surface area (Å²) in [6.07, 6.45) is 1.98. The van der Waals surface area contributed by atoms with Gasteiger partial charge in [0, 0.05) is 16.0 Å². The van der Waals surface area contributed by atoms with E-state index in [0.717, 1.165) is 4.90 Å². The van der Waals surface area contributed by atoms with Gasteiger partial charge in [-0.1, -0.05) is 12.1 Å². The number of amides is 1. The Morgan fingerprint density at radius 1 is 1.00 bits per heavy atom. The van der Waals surface area contributed by atoms with Crippen molar-refractivity contribution in [1.82, 2.24) is 0 Å². The smallest absolute Gasteiger partial charge is 0.255 e. The molecule has 0 aromatic heterocycles. The number of hydrogen-bond donors (Lipinski definition) is 1. The molecule has 20 heavy (non-hydrogen) atoms. The predicted molar refractivity (Wildman–Crippen MR) is 82.6 cm³/mol. The van der Waals surface area contributed by atoms with E-state index < -0.39 is 0 Å². The third-order valence-electron chi connectivity index (χ3n) is 2.91. The Kier molecular flexibility index (Phi) is 4.58. The Hall–Kier alpha value is -2.07. The highest BCUT2D eigenvalue weighted by atomic mass is 32.2. The number of carbonyl (C=O) groups excluding carboxylic acids is 2. The first-order valence-corrected chi connectivity index (χ1v) is 7.39. The molecule has 102 valence electrons. The van der Waals surface area contributed by atoms with Crippen molar-refractivity contribution in [3.8, 4) is 0 Å². The number of thioether (sulfide) groups is 1. The summed E-state index contributed by atoms with van der Waals surface area (Å²) in [6, 6.07) is 14.3. The molecule has 0 aliphatic rings. The number of para-hydroxylation sites is 1. The van der Waals surface area contributed by atoms with E-state index in [1.807, 2.05) is 18.4 Å². The average molecular weight is 285 g/mol. The van der Waals surface area contributed by atoms with Gasteiger partial charge in [0.15, 0.2) is 5.78 Å². The Labute approximate surface area is 122 Å². The maximum Gasteiger partial charge on any atom is 0.255 e. The lowest BCUT2D eigenvalue weighted by molar-refractivity contribution is 0.101. The van der Waals surface area contributed by atoms with E-state index >= 15 is 0 Å². The molecule has 0 atom stereocenters. The molecule has 3 nitrogen and oxygen atoms in total. The molecule has 1 N–H and O–H groups in total. The van der Waals surface area contributed by atoms with Crippen LogP contribution in [0.5, 0.6) is 0 Å². The fourth-order valence-corrected chi connectivity index (χ4v) is 2.24. The zero-order chi connectivity index (χ0) is 14.5. The topological polar surface area (TPSA) is 46.2 Å². The number of ketones is 1. The van der Waals surface area contributed by atoms with Gasteiger partial charge in [-0.25, -0.2) is 0 Å². The summed E-state index contributed by atoms with van der Waals surface area (Å²) in [5.41, 5.74) is 1.63. The zero-order valence-corrected chi connectivity index (χ0v) is 12.2. The van der Waals surface area contributed by atoms with Crippen molar-refractivity contribution in [2.24, 2.45) is 0 Å². The van der Waals surface area contributed by atoms with Crippen molar-refractivity contribution in [3.63, 3.8) is 0 Å². The van der Waals surface area contributed by atoms with Crippen LogP contribution in [0.25, 0.3) is 0 Å². The first-order valence-electron chi connectivity index (χ1n) is 6.17. The highest BCUT2D eigenvalue weighted by Crippen LogP contribution is 2.18. The molecule has 0 saturated carbocycles. The van der Waals surface area contributed by atoms with Crippen LogP contribution >= 0.6 is 11.8 Å². The molecule has 0 spiro atoms. The molecule has 2 aromatic carbocycles. The van der Waals surface area contributed by atoms with Crippen LogP contribution in [0.15, 0.2) is 53.4 Å². The van der Waals surface area contributed by atoms with Crippen LogP contribution in [-0.4, -0.2) is 17.9 Å². The third kappa shape index (κ3) is 3.27. The Morgan fingerprint density at radius 2 is 1.65 bits per heavy atom. The van der Waals surface area contributed by atoms with E-state index in [2.05, 4.69) is 5.32 Å². The molecule has 0 aliphatic carbocycles. The van der Waals surface area contributed by atoms with Crippen molar-refractivity contribution in [3.05, 3.63) is 59.7 Å². The minimum Gasteiger partial charge on any atom is -0.321 e. The van der Waals surface area contributed by atoms with Crippen LogP contribution in [0.4, 0.5) is 5.69 Å². The molecule has 0 aliphatic heterocycles. The van der Waals surface area contributed by atoms with Gasteiger partial charge in [-0.3, -0.25) is 9.59 Å². The third-order valence-corrected chi connectivity index (χ3v) is 3.65. The number of rotatable bonds is 4. The lowest BCUT2D eigenvalue weighted by Gasteiger charge is -2.09. The molecule has 4 heteroatoms. The van der Waals surface area contributed by atoms with Gasteiger partial charge in [0.05, 0.1) is 5.69 Å². The van der Waals surface area contributed by atoms with E-state index in [4.69, 9.17) is 0 Å². The highest BCUT2D eigenvalue weighted by Gasteiger charge is 2.11. The second-order valence-corrected chi connectivity index (χ2v) is 5.16. The highest BCUT2D eigenvalue weighted by molar-refractivity contribution is 7.98. The Bertz CT molecular complexity index is 635. The number of Topliss-reactive ketones (excluding diaryl/α,β-unsaturated/α-hetero) is 1. The van der Waals surface area contributed by atoms with Gasteiger partial charge in [-0.15, -0.1) is 11.8 Å². The molecule has 2 rings (SSSR count). The maximum atomic E-state index is 12.2. The number of carbonyl (C=O) groups is 2. The second kappa shape index (κ2) is 6.39. The molecule has 0 heterocycles. The molecule has 1 amide bonds. The van der Waals surface area contributed by atoms with Gasteiger partial charge < -0.3 is 5.32 Å². The van der Waals surface area contributed by atoms with Crippen molar-refractivity contribution < 1.29 is 9.59 Å². The average Bonchev–Trinajstić information content (AvgIpc) is 2.47. The quantitative estimate of drug-likeness (QED) is 0.685. The van der Waals surface area contributed by atoms with Gasteiger partial charge in [-0.2, -0.15) is 0 Å². The van der Waals surface area contributed by atoms with Gasteiger partial charge in [0.2, 0.25) is 0 Å². The molecule has 2 aromatic rings. The van der Waals surface area contributed by atoms with Crippen molar-refractivity contribution in [2.45, 2.75) is 11.8 Å². The molecular formula is C16H15NO2S. The minimum absolute atomic E-state index is 0.0707. The molecule has 0 fully saturated rings. The van der Waals surface area contributed by atoms with Crippen molar-refractivity contribution >= 4 is 29.1 Å². The zero-order valence-electron chi connectivity index (χ0n) is 11.3. The predicted octanol–water partition coefficient (Wildman–Crippen LogP) is 3.86. The summed E-state index contributed by atoms with van der Waals surface area (Å²) in [5, 5.41) is 2.78. The van der Waals surface area contributed by atoms with Gasteiger partial charge >= 0.3 is 0 Å². The number of benzene rings is 2. The number of hydrogen-bond acceptors (Lipinski definition) is 3. The van der Waals surface area contributed by atoms with Crippen molar-refractivity contribution in [1.29, 1.82) is 0 Å². The first-order chi connectivity index (χ1) is 9.61. The van der Waals surface area contributed by atoms with Crippen LogP contribution in [0.2, 0.25) is 0 Å². The summed E-state index contributed by atoms with van der Waals surface area (Å²) in [5.74, 6) is -0.287. The van der Waals surface area contributed by atoms with E-state index in [9.17, 15) is 9.59 Å². The summed E-state index contributed by atoms with van der Waals surface area (Å²) in [4.78, 5) is 24.8. The van der Waals surface area contributed by atoms with Gasteiger partial charge in [0.25, 0.3) is 5.91 Å². The molecule has 0 saturated heterocycles. The molecule has 0 unspecified atom stereocenters. The van der Waals surface area contributed by atoms with Crippen LogP contribution in [0, 0.1) is 0 Å². The minimum atomic E-state index is -0.216. The van der Waals surface area contributed by atoms with Crippen LogP contribution in [0.3, 0.4) is 0 Å². The molecule has 0 radical (unpaired) electrons. The lowest BCUT2D eigenvalue weighted by Crippen LogP contribution is -2.14. The Balaban J connectivity index is 2.21. The maximum absolute atomic E-state index is 12.2. The number of nitrogens with one attached hydrogen (secondary N) is 1. The fourth-order valence-electron chi connectivity index (χ4n) is 1.84. The van der Waals surface area contributed by atoms with Gasteiger partial charge in [-0.05, 0) is 49.6 Å². The van der Waals surface area contributed by atoms with E-state index in [0.29, 0.717) is 16.8 Å². The molecular weight excluding hydrogens is 270 g/mol.